The van der Waals surface area contributed by atoms with Gasteiger partial charge in [-0.15, -0.1) is 0 Å². The second kappa shape index (κ2) is 8.88. The molecule has 1 aliphatic carbocycles. The molecule has 4 rings (SSSR count). The van der Waals surface area contributed by atoms with Crippen molar-refractivity contribution in [3.8, 4) is 11.3 Å². The van der Waals surface area contributed by atoms with Crippen molar-refractivity contribution in [1.29, 1.82) is 0 Å². The lowest BCUT2D eigenvalue weighted by molar-refractivity contribution is -0.138. The number of carbonyl (C=O) groups excluding carboxylic acids is 1. The molecule has 1 saturated carbocycles. The minimum Gasteiger partial charge on any atom is -0.480 e. The van der Waals surface area contributed by atoms with Crippen molar-refractivity contribution >= 4 is 17.7 Å². The number of carboxylic acid groups (broad SMARTS) is 1. The molecule has 2 aromatic rings. The van der Waals surface area contributed by atoms with Gasteiger partial charge in [0.15, 0.2) is 5.69 Å². The van der Waals surface area contributed by atoms with Gasteiger partial charge in [-0.05, 0) is 32.3 Å². The fraction of sp³-hybridized carbons (Fsp3) is 0.417. The zero-order valence-electron chi connectivity index (χ0n) is 18.0. The summed E-state index contributed by atoms with van der Waals surface area (Å²) in [4.78, 5) is 31.0. The third-order valence-corrected chi connectivity index (χ3v) is 6.03. The highest BCUT2D eigenvalue weighted by Crippen LogP contribution is 2.28. The number of rotatable bonds is 5. The van der Waals surface area contributed by atoms with Crippen molar-refractivity contribution in [2.45, 2.75) is 52.0 Å². The molecule has 0 saturated heterocycles. The number of amides is 1. The molecule has 1 aromatic heterocycles. The van der Waals surface area contributed by atoms with E-state index in [0.29, 0.717) is 0 Å². The second-order valence-electron chi connectivity index (χ2n) is 8.53. The zero-order chi connectivity index (χ0) is 22.0. The average Bonchev–Trinajstić information content (AvgIpc) is 3.42. The van der Waals surface area contributed by atoms with Gasteiger partial charge in [-0.2, -0.15) is 5.10 Å². The Balaban J connectivity index is 1.77. The predicted molar refractivity (Wildman–Crippen MR) is 119 cm³/mol. The summed E-state index contributed by atoms with van der Waals surface area (Å²) < 4.78 is 1.75. The van der Waals surface area contributed by atoms with Crippen LogP contribution >= 0.6 is 0 Å². The van der Waals surface area contributed by atoms with E-state index in [4.69, 9.17) is 0 Å². The standard InChI is InChI=1S/C24H28N4O3/c1-16-12-17(2)23(25-14-16)28-21(18-8-4-3-5-9-18)13-20(26-28)24(31)27(15-22(29)30)19-10-6-7-11-19/h3-5,8-9,13-14,17,19H,6-7,10-12,15H2,1-2H3,(H,29,30). The topological polar surface area (TPSA) is 87.8 Å². The number of allylic oxidation sites excluding steroid dienone is 1. The quantitative estimate of drug-likeness (QED) is 0.785. The molecule has 1 aliphatic heterocycles. The number of aliphatic carboxylic acids is 1. The number of hydrogen-bond donors (Lipinski definition) is 1. The van der Waals surface area contributed by atoms with Crippen LogP contribution in [0.15, 0.2) is 53.2 Å². The smallest absolute Gasteiger partial charge is 0.323 e. The SMILES string of the molecule is CC1=CN=C(n2nc(C(=O)N(CC(=O)O)C3CCCC3)cc2-c2ccccc2)C(C)C1. The van der Waals surface area contributed by atoms with E-state index in [1.54, 1.807) is 10.7 Å². The van der Waals surface area contributed by atoms with Crippen molar-refractivity contribution in [1.82, 2.24) is 14.7 Å². The highest BCUT2D eigenvalue weighted by Gasteiger charge is 2.32. The third kappa shape index (κ3) is 4.45. The molecule has 0 radical (unpaired) electrons. The minimum absolute atomic E-state index is 0.0505. The maximum absolute atomic E-state index is 13.4. The van der Waals surface area contributed by atoms with E-state index < -0.39 is 5.97 Å². The molecule has 0 spiro atoms. The molecule has 1 fully saturated rings. The molecule has 1 amide bonds. The molecule has 1 N–H and O–H groups in total. The normalized spacial score (nSPS) is 19.1. The molecule has 1 atom stereocenters. The Labute approximate surface area is 182 Å². The van der Waals surface area contributed by atoms with Crippen LogP contribution in [-0.4, -0.2) is 50.1 Å². The van der Waals surface area contributed by atoms with E-state index in [1.165, 1.54) is 10.5 Å². The van der Waals surface area contributed by atoms with Gasteiger partial charge >= 0.3 is 5.97 Å². The molecule has 31 heavy (non-hydrogen) atoms. The first kappa shape index (κ1) is 21.0. The Morgan fingerprint density at radius 3 is 2.55 bits per heavy atom. The number of aromatic nitrogens is 2. The Kier molecular flexibility index (Phi) is 6.02. The maximum atomic E-state index is 13.4. The van der Waals surface area contributed by atoms with Crippen LogP contribution in [0.25, 0.3) is 11.3 Å². The highest BCUT2D eigenvalue weighted by molar-refractivity contribution is 5.98. The van der Waals surface area contributed by atoms with Crippen LogP contribution in [0.3, 0.4) is 0 Å². The Morgan fingerprint density at radius 1 is 1.19 bits per heavy atom. The molecule has 1 unspecified atom stereocenters. The van der Waals surface area contributed by atoms with Crippen LogP contribution in [-0.2, 0) is 4.79 Å². The lowest BCUT2D eigenvalue weighted by Gasteiger charge is -2.26. The first-order valence-electron chi connectivity index (χ1n) is 10.9. The lowest BCUT2D eigenvalue weighted by Crippen LogP contribution is -2.42. The van der Waals surface area contributed by atoms with E-state index in [0.717, 1.165) is 49.2 Å². The van der Waals surface area contributed by atoms with Crippen LogP contribution in [0.1, 0.15) is 56.4 Å². The largest absolute Gasteiger partial charge is 0.480 e. The van der Waals surface area contributed by atoms with Gasteiger partial charge in [0, 0.05) is 23.7 Å². The van der Waals surface area contributed by atoms with Crippen LogP contribution < -0.4 is 0 Å². The Bertz CT molecular complexity index is 1030. The molecular formula is C24H28N4O3. The number of carboxylic acids is 1. The molecular weight excluding hydrogens is 392 g/mol. The Hall–Kier alpha value is -3.22. The van der Waals surface area contributed by atoms with Crippen LogP contribution in [0.2, 0.25) is 0 Å². The van der Waals surface area contributed by atoms with Crippen molar-refractivity contribution in [2.24, 2.45) is 10.9 Å². The highest BCUT2D eigenvalue weighted by atomic mass is 16.4. The summed E-state index contributed by atoms with van der Waals surface area (Å²) >= 11 is 0. The van der Waals surface area contributed by atoms with Gasteiger partial charge in [0.05, 0.1) is 5.69 Å². The van der Waals surface area contributed by atoms with Gasteiger partial charge in [-0.25, -0.2) is 9.67 Å². The summed E-state index contributed by atoms with van der Waals surface area (Å²) in [7, 11) is 0. The molecule has 7 nitrogen and oxygen atoms in total. The van der Waals surface area contributed by atoms with Crippen molar-refractivity contribution in [3.05, 3.63) is 53.9 Å². The maximum Gasteiger partial charge on any atom is 0.323 e. The number of benzene rings is 1. The van der Waals surface area contributed by atoms with Crippen LogP contribution in [0, 0.1) is 5.92 Å². The van der Waals surface area contributed by atoms with Crippen molar-refractivity contribution in [3.63, 3.8) is 0 Å². The van der Waals surface area contributed by atoms with E-state index in [-0.39, 0.29) is 30.1 Å². The Morgan fingerprint density at radius 2 is 1.90 bits per heavy atom. The minimum atomic E-state index is -1.01. The fourth-order valence-corrected chi connectivity index (χ4v) is 4.54. The zero-order valence-corrected chi connectivity index (χ0v) is 18.0. The molecule has 1 aromatic carbocycles. The van der Waals surface area contributed by atoms with Gasteiger partial charge in [0.25, 0.3) is 5.91 Å². The summed E-state index contributed by atoms with van der Waals surface area (Å²) in [5.74, 6) is -0.399. The summed E-state index contributed by atoms with van der Waals surface area (Å²) in [6.07, 6.45) is 6.42. The monoisotopic (exact) mass is 420 g/mol. The average molecular weight is 421 g/mol. The molecule has 162 valence electrons. The molecule has 0 bridgehead atoms. The van der Waals surface area contributed by atoms with Gasteiger partial charge < -0.3 is 10.0 Å². The summed E-state index contributed by atoms with van der Waals surface area (Å²) in [5, 5.41) is 14.1. The van der Waals surface area contributed by atoms with Crippen molar-refractivity contribution < 1.29 is 14.7 Å². The first-order valence-corrected chi connectivity index (χ1v) is 10.9. The lowest BCUT2D eigenvalue weighted by atomic mass is 9.99. The number of carbonyl (C=O) groups is 2. The summed E-state index contributed by atoms with van der Waals surface area (Å²) in [6.45, 7) is 3.84. The van der Waals surface area contributed by atoms with Gasteiger partial charge in [0.2, 0.25) is 0 Å². The summed E-state index contributed by atoms with van der Waals surface area (Å²) in [6, 6.07) is 11.5. The van der Waals surface area contributed by atoms with E-state index >= 15 is 0 Å². The van der Waals surface area contributed by atoms with Crippen LogP contribution in [0.4, 0.5) is 0 Å². The predicted octanol–water partition coefficient (Wildman–Crippen LogP) is 4.21. The van der Waals surface area contributed by atoms with E-state index in [2.05, 4.69) is 23.9 Å². The van der Waals surface area contributed by atoms with Gasteiger partial charge in [-0.3, -0.25) is 9.59 Å². The molecule has 2 aliphatic rings. The number of nitrogens with zero attached hydrogens (tertiary/aromatic N) is 4. The summed E-state index contributed by atoms with van der Waals surface area (Å²) in [5.41, 5.74) is 3.17. The number of aliphatic imine (C=N–C) groups is 1. The van der Waals surface area contributed by atoms with E-state index in [1.807, 2.05) is 36.5 Å². The number of hydrogen-bond acceptors (Lipinski definition) is 4. The van der Waals surface area contributed by atoms with Crippen molar-refractivity contribution in [2.75, 3.05) is 6.54 Å². The van der Waals surface area contributed by atoms with Crippen LogP contribution in [0.5, 0.6) is 0 Å². The molecule has 2 heterocycles. The third-order valence-electron chi connectivity index (χ3n) is 6.03. The second-order valence-corrected chi connectivity index (χ2v) is 8.53. The van der Waals surface area contributed by atoms with Gasteiger partial charge in [-0.1, -0.05) is 55.7 Å². The van der Waals surface area contributed by atoms with E-state index in [9.17, 15) is 14.7 Å². The van der Waals surface area contributed by atoms with Gasteiger partial charge in [0.1, 0.15) is 12.4 Å². The molecule has 7 heteroatoms. The first-order chi connectivity index (χ1) is 14.9. The fourth-order valence-electron chi connectivity index (χ4n) is 4.54.